The lowest BCUT2D eigenvalue weighted by Gasteiger charge is -2.18. The van der Waals surface area contributed by atoms with E-state index in [-0.39, 0.29) is 18.4 Å². The molecule has 2 N–H and O–H groups in total. The molecule has 1 saturated carbocycles. The van der Waals surface area contributed by atoms with Crippen molar-refractivity contribution >= 4 is 5.97 Å². The van der Waals surface area contributed by atoms with Crippen LogP contribution < -0.4 is 17.7 Å². The van der Waals surface area contributed by atoms with E-state index in [9.17, 15) is 4.79 Å². The Morgan fingerprint density at radius 3 is 2.55 bits per heavy atom. The van der Waals surface area contributed by atoms with Crippen molar-refractivity contribution in [3.05, 3.63) is 35.9 Å². The van der Waals surface area contributed by atoms with Crippen LogP contribution in [0.1, 0.15) is 49.4 Å². The summed E-state index contributed by atoms with van der Waals surface area (Å²) in [6.07, 6.45) is 6.35. The Hall–Kier alpha value is -1.06. The minimum Gasteiger partial charge on any atom is -1.00 e. The lowest BCUT2D eigenvalue weighted by molar-refractivity contribution is -0.721. The second kappa shape index (κ2) is 8.98. The van der Waals surface area contributed by atoms with Gasteiger partial charge in [-0.2, -0.15) is 0 Å². The van der Waals surface area contributed by atoms with Crippen molar-refractivity contribution in [1.82, 2.24) is 0 Å². The van der Waals surface area contributed by atoms with E-state index in [1.54, 1.807) is 12.1 Å². The lowest BCUT2D eigenvalue weighted by atomic mass is 10.1. The summed E-state index contributed by atoms with van der Waals surface area (Å²) >= 11 is 0. The van der Waals surface area contributed by atoms with Crippen LogP contribution in [0.25, 0.3) is 0 Å². The van der Waals surface area contributed by atoms with Crippen molar-refractivity contribution in [3.8, 4) is 0 Å². The number of halogens is 1. The average molecular weight is 298 g/mol. The molecule has 0 bridgehead atoms. The van der Waals surface area contributed by atoms with Crippen molar-refractivity contribution in [2.75, 3.05) is 6.61 Å². The molecular formula is C16H24ClNO2. The van der Waals surface area contributed by atoms with E-state index in [0.717, 1.165) is 12.5 Å². The van der Waals surface area contributed by atoms with Gasteiger partial charge in [-0.15, -0.1) is 0 Å². The summed E-state index contributed by atoms with van der Waals surface area (Å²) in [5.41, 5.74) is 0.637. The third-order valence-corrected chi connectivity index (χ3v) is 3.91. The van der Waals surface area contributed by atoms with Crippen LogP contribution in [-0.4, -0.2) is 24.7 Å². The maximum absolute atomic E-state index is 11.9. The molecule has 4 heteroatoms. The molecule has 0 radical (unpaired) electrons. The minimum absolute atomic E-state index is 0. The number of ether oxygens (including phenoxy) is 1. The maximum atomic E-state index is 11.9. The van der Waals surface area contributed by atoms with Gasteiger partial charge in [0.25, 0.3) is 0 Å². The van der Waals surface area contributed by atoms with E-state index in [4.69, 9.17) is 4.74 Å². The smallest absolute Gasteiger partial charge is 0.338 e. The van der Waals surface area contributed by atoms with Gasteiger partial charge in [-0.3, -0.25) is 0 Å². The van der Waals surface area contributed by atoms with Crippen LogP contribution in [0, 0.1) is 0 Å². The Bertz CT molecular complexity index is 391. The first kappa shape index (κ1) is 17.0. The van der Waals surface area contributed by atoms with E-state index < -0.39 is 0 Å². The van der Waals surface area contributed by atoms with Gasteiger partial charge in [-0.25, -0.2) is 4.79 Å². The molecule has 0 spiro atoms. The van der Waals surface area contributed by atoms with Crippen molar-refractivity contribution in [2.45, 2.75) is 51.1 Å². The van der Waals surface area contributed by atoms with Gasteiger partial charge >= 0.3 is 5.97 Å². The quantitative estimate of drug-likeness (QED) is 0.694. The first-order chi connectivity index (χ1) is 9.29. The van der Waals surface area contributed by atoms with Crippen LogP contribution in [0.15, 0.2) is 30.3 Å². The van der Waals surface area contributed by atoms with Crippen molar-refractivity contribution in [3.63, 3.8) is 0 Å². The number of nitrogens with two attached hydrogens (primary N) is 1. The van der Waals surface area contributed by atoms with Gasteiger partial charge in [0.2, 0.25) is 0 Å². The molecule has 0 aliphatic heterocycles. The van der Waals surface area contributed by atoms with Crippen LogP contribution in [0.4, 0.5) is 0 Å². The standard InChI is InChI=1S/C16H23NO2.ClH/c1-2-14(17-15-10-6-7-11-15)12-19-16(18)13-8-4-3-5-9-13;/h3-5,8-9,14-15,17H,2,6-7,10-12H2,1H3;1H. The van der Waals surface area contributed by atoms with E-state index in [0.29, 0.717) is 18.2 Å². The van der Waals surface area contributed by atoms with Crippen LogP contribution in [-0.2, 0) is 4.74 Å². The minimum atomic E-state index is -0.209. The molecule has 1 atom stereocenters. The van der Waals surface area contributed by atoms with E-state index in [2.05, 4.69) is 12.2 Å². The zero-order valence-electron chi connectivity index (χ0n) is 12.1. The normalized spacial score (nSPS) is 16.4. The van der Waals surface area contributed by atoms with Crippen LogP contribution in [0.5, 0.6) is 0 Å². The predicted octanol–water partition coefficient (Wildman–Crippen LogP) is -0.868. The SMILES string of the molecule is CCC(COC(=O)c1ccccc1)[NH2+]C1CCCC1.[Cl-]. The number of benzene rings is 1. The van der Waals surface area contributed by atoms with Gasteiger partial charge in [0, 0.05) is 0 Å². The molecule has 0 aromatic heterocycles. The topological polar surface area (TPSA) is 42.9 Å². The van der Waals surface area contributed by atoms with Gasteiger partial charge in [0.1, 0.15) is 12.6 Å². The van der Waals surface area contributed by atoms with Crippen LogP contribution in [0.3, 0.4) is 0 Å². The molecule has 1 aliphatic carbocycles. The molecule has 20 heavy (non-hydrogen) atoms. The van der Waals surface area contributed by atoms with E-state index >= 15 is 0 Å². The highest BCUT2D eigenvalue weighted by atomic mass is 35.5. The average Bonchev–Trinajstić information content (AvgIpc) is 2.97. The van der Waals surface area contributed by atoms with Crippen molar-refractivity contribution < 1.29 is 27.3 Å². The predicted molar refractivity (Wildman–Crippen MR) is 75.0 cm³/mol. The number of hydrogen-bond donors (Lipinski definition) is 1. The zero-order valence-corrected chi connectivity index (χ0v) is 12.8. The first-order valence-corrected chi connectivity index (χ1v) is 7.36. The molecule has 3 nitrogen and oxygen atoms in total. The second-order valence-corrected chi connectivity index (χ2v) is 5.37. The second-order valence-electron chi connectivity index (χ2n) is 5.37. The molecule has 1 aromatic carbocycles. The van der Waals surface area contributed by atoms with Gasteiger partial charge in [0.15, 0.2) is 0 Å². The van der Waals surface area contributed by atoms with Crippen LogP contribution in [0.2, 0.25) is 0 Å². The summed E-state index contributed by atoms with van der Waals surface area (Å²) in [7, 11) is 0. The van der Waals surface area contributed by atoms with E-state index in [1.807, 2.05) is 18.2 Å². The Morgan fingerprint density at radius 2 is 1.95 bits per heavy atom. The summed E-state index contributed by atoms with van der Waals surface area (Å²) < 4.78 is 5.42. The highest BCUT2D eigenvalue weighted by Crippen LogP contribution is 2.14. The van der Waals surface area contributed by atoms with Crippen molar-refractivity contribution in [1.29, 1.82) is 0 Å². The highest BCUT2D eigenvalue weighted by Gasteiger charge is 2.23. The van der Waals surface area contributed by atoms with Crippen LogP contribution >= 0.6 is 0 Å². The summed E-state index contributed by atoms with van der Waals surface area (Å²) in [5.74, 6) is -0.209. The van der Waals surface area contributed by atoms with Crippen molar-refractivity contribution in [2.24, 2.45) is 0 Å². The molecule has 0 saturated heterocycles. The highest BCUT2D eigenvalue weighted by molar-refractivity contribution is 5.89. The maximum Gasteiger partial charge on any atom is 0.338 e. The summed E-state index contributed by atoms with van der Waals surface area (Å²) in [4.78, 5) is 11.9. The molecule has 0 amide bonds. The fourth-order valence-corrected chi connectivity index (χ4v) is 2.68. The number of esters is 1. The Morgan fingerprint density at radius 1 is 1.30 bits per heavy atom. The molecule has 1 aromatic rings. The van der Waals surface area contributed by atoms with Gasteiger partial charge < -0.3 is 22.5 Å². The Balaban J connectivity index is 0.00000200. The molecular weight excluding hydrogens is 274 g/mol. The molecule has 1 aliphatic rings. The summed E-state index contributed by atoms with van der Waals surface area (Å²) in [6.45, 7) is 2.67. The Labute approximate surface area is 127 Å². The molecule has 112 valence electrons. The van der Waals surface area contributed by atoms with Gasteiger partial charge in [-0.05, 0) is 44.2 Å². The zero-order chi connectivity index (χ0) is 13.5. The third-order valence-electron chi connectivity index (χ3n) is 3.91. The monoisotopic (exact) mass is 297 g/mol. The number of rotatable bonds is 6. The molecule has 1 fully saturated rings. The number of carbonyl (C=O) groups is 1. The number of quaternary nitrogens is 1. The third kappa shape index (κ3) is 5.14. The summed E-state index contributed by atoms with van der Waals surface area (Å²) in [5, 5.41) is 2.41. The van der Waals surface area contributed by atoms with Gasteiger partial charge in [0.05, 0.1) is 11.6 Å². The molecule has 2 rings (SSSR count). The largest absolute Gasteiger partial charge is 1.00 e. The van der Waals surface area contributed by atoms with E-state index in [1.165, 1.54) is 25.7 Å². The fourth-order valence-electron chi connectivity index (χ4n) is 2.68. The van der Waals surface area contributed by atoms with Gasteiger partial charge in [-0.1, -0.05) is 25.1 Å². The lowest BCUT2D eigenvalue weighted by Crippen LogP contribution is -3.00. The fraction of sp³-hybridized carbons (Fsp3) is 0.562. The first-order valence-electron chi connectivity index (χ1n) is 7.36. The number of hydrogen-bond acceptors (Lipinski definition) is 2. The molecule has 0 heterocycles. The molecule has 1 unspecified atom stereocenters. The summed E-state index contributed by atoms with van der Waals surface area (Å²) in [6, 6.07) is 10.3. The Kier molecular flexibility index (Phi) is 7.63. The number of carbonyl (C=O) groups excluding carboxylic acids is 1.